The van der Waals surface area contributed by atoms with E-state index in [4.69, 9.17) is 25.8 Å². The molecule has 1 amide bonds. The molecule has 0 aliphatic carbocycles. The molecule has 1 atom stereocenters. The molecule has 3 aromatic carbocycles. The smallest absolute Gasteiger partial charge is 0.333 e. The Bertz CT molecular complexity index is 1470. The zero-order valence-electron chi connectivity index (χ0n) is 21.6. The minimum Gasteiger partial charge on any atom is -0.497 e. The molecule has 0 saturated carbocycles. The first-order chi connectivity index (χ1) is 18.8. The molecule has 0 fully saturated rings. The zero-order chi connectivity index (χ0) is 27.9. The van der Waals surface area contributed by atoms with Crippen LogP contribution in [-0.2, 0) is 20.7 Å². The lowest BCUT2D eigenvalue weighted by molar-refractivity contribution is -0.145. The van der Waals surface area contributed by atoms with E-state index < -0.39 is 12.0 Å². The Labute approximate surface area is 230 Å². The Kier molecular flexibility index (Phi) is 8.83. The lowest BCUT2D eigenvalue weighted by atomic mass is 10.1. The van der Waals surface area contributed by atoms with Crippen LogP contribution in [-0.4, -0.2) is 43.0 Å². The van der Waals surface area contributed by atoms with E-state index in [1.807, 2.05) is 18.2 Å². The number of ether oxygens (including phenoxy) is 3. The predicted molar refractivity (Wildman–Crippen MR) is 145 cm³/mol. The fourth-order valence-corrected chi connectivity index (χ4v) is 4.33. The first-order valence-electron chi connectivity index (χ1n) is 12.0. The molecule has 0 aliphatic rings. The van der Waals surface area contributed by atoms with Crippen LogP contribution in [0.4, 0.5) is 4.39 Å². The van der Waals surface area contributed by atoms with Gasteiger partial charge in [-0.25, -0.2) is 13.9 Å². The normalized spacial score (nSPS) is 11.5. The number of benzene rings is 3. The molecule has 1 unspecified atom stereocenters. The number of hydrogen-bond donors (Lipinski definition) is 1. The van der Waals surface area contributed by atoms with Crippen molar-refractivity contribution < 1.29 is 28.2 Å². The SMILES string of the molecule is COC(=O)C(NC(=O)CCc1cc(-c2cccc(F)c2)n(-c2ccc(OC)cc2)n1)c1ccc(OC)c(Cl)c1. The Morgan fingerprint density at radius 2 is 1.77 bits per heavy atom. The Morgan fingerprint density at radius 1 is 1.00 bits per heavy atom. The lowest BCUT2D eigenvalue weighted by Crippen LogP contribution is -2.34. The fraction of sp³-hybridized carbons (Fsp3) is 0.207. The second-order valence-electron chi connectivity index (χ2n) is 8.56. The first-order valence-corrected chi connectivity index (χ1v) is 12.4. The van der Waals surface area contributed by atoms with Gasteiger partial charge in [0.2, 0.25) is 5.91 Å². The third-order valence-corrected chi connectivity index (χ3v) is 6.35. The maximum Gasteiger partial charge on any atom is 0.333 e. The largest absolute Gasteiger partial charge is 0.497 e. The number of halogens is 2. The van der Waals surface area contributed by atoms with Gasteiger partial charge in [-0.1, -0.05) is 29.8 Å². The van der Waals surface area contributed by atoms with Crippen molar-refractivity contribution in [2.45, 2.75) is 18.9 Å². The van der Waals surface area contributed by atoms with Crippen LogP contribution in [0.25, 0.3) is 16.9 Å². The number of methoxy groups -OCH3 is 3. The summed E-state index contributed by atoms with van der Waals surface area (Å²) in [5, 5.41) is 7.69. The highest BCUT2D eigenvalue weighted by Crippen LogP contribution is 2.29. The minimum absolute atomic E-state index is 0.0413. The van der Waals surface area contributed by atoms with E-state index in [2.05, 4.69) is 10.4 Å². The summed E-state index contributed by atoms with van der Waals surface area (Å²) >= 11 is 6.21. The molecule has 0 saturated heterocycles. The summed E-state index contributed by atoms with van der Waals surface area (Å²) in [6.45, 7) is 0. The second-order valence-corrected chi connectivity index (χ2v) is 8.97. The van der Waals surface area contributed by atoms with E-state index in [0.717, 1.165) is 5.69 Å². The van der Waals surface area contributed by atoms with Gasteiger partial charge in [0.25, 0.3) is 0 Å². The summed E-state index contributed by atoms with van der Waals surface area (Å²) in [5.41, 5.74) is 3.11. The summed E-state index contributed by atoms with van der Waals surface area (Å²) in [4.78, 5) is 25.4. The van der Waals surface area contributed by atoms with Crippen LogP contribution < -0.4 is 14.8 Å². The molecule has 202 valence electrons. The highest BCUT2D eigenvalue weighted by atomic mass is 35.5. The molecular formula is C29H27ClFN3O5. The molecule has 8 nitrogen and oxygen atoms in total. The van der Waals surface area contributed by atoms with Crippen molar-refractivity contribution in [3.05, 3.63) is 94.9 Å². The monoisotopic (exact) mass is 551 g/mol. The van der Waals surface area contributed by atoms with Crippen molar-refractivity contribution in [1.82, 2.24) is 15.1 Å². The number of carbonyl (C=O) groups is 2. The van der Waals surface area contributed by atoms with Crippen LogP contribution in [0.1, 0.15) is 23.7 Å². The first kappa shape index (κ1) is 27.7. The summed E-state index contributed by atoms with van der Waals surface area (Å²) in [7, 11) is 4.31. The van der Waals surface area contributed by atoms with Crippen molar-refractivity contribution in [2.24, 2.45) is 0 Å². The highest BCUT2D eigenvalue weighted by Gasteiger charge is 2.25. The topological polar surface area (TPSA) is 91.7 Å². The Balaban J connectivity index is 1.55. The molecule has 4 rings (SSSR count). The number of esters is 1. The summed E-state index contributed by atoms with van der Waals surface area (Å²) in [5.74, 6) is -0.265. The predicted octanol–water partition coefficient (Wildman–Crippen LogP) is 5.31. The quantitative estimate of drug-likeness (QED) is 0.269. The second kappa shape index (κ2) is 12.4. The number of hydrogen-bond acceptors (Lipinski definition) is 6. The molecule has 0 spiro atoms. The van der Waals surface area contributed by atoms with Gasteiger partial charge in [-0.3, -0.25) is 4.79 Å². The number of amides is 1. The van der Waals surface area contributed by atoms with Gasteiger partial charge in [-0.05, 0) is 60.2 Å². The number of nitrogens with zero attached hydrogens (tertiary/aromatic N) is 2. The summed E-state index contributed by atoms with van der Waals surface area (Å²) in [6, 6.07) is 19.1. The van der Waals surface area contributed by atoms with E-state index in [-0.39, 0.29) is 24.6 Å². The average molecular weight is 552 g/mol. The molecule has 0 aliphatic heterocycles. The Morgan fingerprint density at radius 3 is 2.41 bits per heavy atom. The fourth-order valence-electron chi connectivity index (χ4n) is 4.06. The molecule has 0 bridgehead atoms. The molecule has 10 heteroatoms. The van der Waals surface area contributed by atoms with Crippen molar-refractivity contribution in [3.63, 3.8) is 0 Å². The molecule has 4 aromatic rings. The molecule has 39 heavy (non-hydrogen) atoms. The lowest BCUT2D eigenvalue weighted by Gasteiger charge is -2.17. The average Bonchev–Trinajstić information content (AvgIpc) is 3.39. The number of rotatable bonds is 10. The molecular weight excluding hydrogens is 525 g/mol. The zero-order valence-corrected chi connectivity index (χ0v) is 22.4. The Hall–Kier alpha value is -4.37. The highest BCUT2D eigenvalue weighted by molar-refractivity contribution is 6.32. The van der Waals surface area contributed by atoms with Crippen molar-refractivity contribution in [3.8, 4) is 28.4 Å². The summed E-state index contributed by atoms with van der Waals surface area (Å²) in [6.07, 6.45) is 0.314. The van der Waals surface area contributed by atoms with E-state index in [1.54, 1.807) is 54.3 Å². The molecule has 0 radical (unpaired) electrons. The van der Waals surface area contributed by atoms with E-state index >= 15 is 0 Å². The van der Waals surface area contributed by atoms with Gasteiger partial charge < -0.3 is 19.5 Å². The van der Waals surface area contributed by atoms with Crippen molar-refractivity contribution in [2.75, 3.05) is 21.3 Å². The number of aryl methyl sites for hydroxylation is 1. The van der Waals surface area contributed by atoms with Gasteiger partial charge in [-0.15, -0.1) is 0 Å². The van der Waals surface area contributed by atoms with Crippen LogP contribution >= 0.6 is 11.6 Å². The van der Waals surface area contributed by atoms with E-state index in [0.29, 0.717) is 39.0 Å². The maximum atomic E-state index is 14.0. The van der Waals surface area contributed by atoms with Gasteiger partial charge in [0, 0.05) is 18.4 Å². The van der Waals surface area contributed by atoms with Gasteiger partial charge in [0.15, 0.2) is 6.04 Å². The standard InChI is InChI=1S/C29H27ClFN3O5/c1-37-23-11-9-22(10-12-23)34-25(18-5-4-6-20(31)15-18)17-21(33-34)8-14-27(35)32-28(29(36)39-3)19-7-13-26(38-2)24(30)16-19/h4-7,9-13,15-17,28H,8,14H2,1-3H3,(H,32,35). The van der Waals surface area contributed by atoms with Crippen LogP contribution in [0.3, 0.4) is 0 Å². The molecule has 1 aromatic heterocycles. The van der Waals surface area contributed by atoms with Crippen LogP contribution in [0.2, 0.25) is 5.02 Å². The van der Waals surface area contributed by atoms with E-state index in [1.165, 1.54) is 26.4 Å². The number of carbonyl (C=O) groups excluding carboxylic acids is 2. The van der Waals surface area contributed by atoms with E-state index in [9.17, 15) is 14.0 Å². The van der Waals surface area contributed by atoms with Crippen LogP contribution in [0.15, 0.2) is 72.8 Å². The molecule has 1 heterocycles. The van der Waals surface area contributed by atoms with Crippen molar-refractivity contribution in [1.29, 1.82) is 0 Å². The third kappa shape index (κ3) is 6.56. The minimum atomic E-state index is -1.05. The van der Waals surface area contributed by atoms with Gasteiger partial charge >= 0.3 is 5.97 Å². The molecule has 1 N–H and O–H groups in total. The van der Waals surface area contributed by atoms with Crippen molar-refractivity contribution >= 4 is 23.5 Å². The van der Waals surface area contributed by atoms with Gasteiger partial charge in [0.1, 0.15) is 17.3 Å². The number of nitrogens with one attached hydrogen (secondary N) is 1. The summed E-state index contributed by atoms with van der Waals surface area (Å²) < 4.78 is 31.0. The third-order valence-electron chi connectivity index (χ3n) is 6.06. The number of aromatic nitrogens is 2. The maximum absolute atomic E-state index is 14.0. The van der Waals surface area contributed by atoms with Gasteiger partial charge in [0.05, 0.1) is 43.4 Å². The van der Waals surface area contributed by atoms with Crippen LogP contribution in [0.5, 0.6) is 11.5 Å². The van der Waals surface area contributed by atoms with Gasteiger partial charge in [-0.2, -0.15) is 5.10 Å². The van der Waals surface area contributed by atoms with Crippen LogP contribution in [0, 0.1) is 5.82 Å².